The van der Waals surface area contributed by atoms with E-state index in [1.54, 1.807) is 12.0 Å². The van der Waals surface area contributed by atoms with Crippen LogP contribution >= 0.6 is 0 Å². The summed E-state index contributed by atoms with van der Waals surface area (Å²) >= 11 is 0. The van der Waals surface area contributed by atoms with Gasteiger partial charge < -0.3 is 20.5 Å². The molecule has 3 aliphatic rings. The lowest BCUT2D eigenvalue weighted by Gasteiger charge is -2.39. The largest absolute Gasteiger partial charge is 0.487 e. The Morgan fingerprint density at radius 1 is 1.29 bits per heavy atom. The maximum Gasteiger partial charge on any atom is 0.231 e. The lowest BCUT2D eigenvalue weighted by molar-refractivity contribution is -0.132. The van der Waals surface area contributed by atoms with E-state index in [-0.39, 0.29) is 47.3 Å². The van der Waals surface area contributed by atoms with E-state index in [9.17, 15) is 9.59 Å². The van der Waals surface area contributed by atoms with Crippen LogP contribution in [0.25, 0.3) is 0 Å². The van der Waals surface area contributed by atoms with Crippen LogP contribution in [-0.4, -0.2) is 53.6 Å². The molecule has 8 nitrogen and oxygen atoms in total. The zero-order valence-corrected chi connectivity index (χ0v) is 22.1. The number of fused-ring (bicyclic) bond motifs is 1. The van der Waals surface area contributed by atoms with Crippen LogP contribution in [-0.2, 0) is 14.3 Å². The smallest absolute Gasteiger partial charge is 0.231 e. The quantitative estimate of drug-likeness (QED) is 0.617. The summed E-state index contributed by atoms with van der Waals surface area (Å²) in [4.78, 5) is 32.6. The number of nitrogens with one attached hydrogen (secondary N) is 1. The minimum atomic E-state index is -0.510. The Hall–Kier alpha value is -2.61. The molecule has 8 heteroatoms. The zero-order valence-electron chi connectivity index (χ0n) is 22.1. The zero-order chi connectivity index (χ0) is 25.7. The second-order valence-electron chi connectivity index (χ2n) is 11.7. The van der Waals surface area contributed by atoms with Gasteiger partial charge in [-0.2, -0.15) is 0 Å². The van der Waals surface area contributed by atoms with Crippen molar-refractivity contribution in [2.75, 3.05) is 13.7 Å². The molecular weight excluding hydrogens is 444 g/mol. The van der Waals surface area contributed by atoms with Crippen molar-refractivity contribution >= 4 is 17.8 Å². The Kier molecular flexibility index (Phi) is 6.64. The van der Waals surface area contributed by atoms with Crippen molar-refractivity contribution in [3.8, 4) is 5.75 Å². The summed E-state index contributed by atoms with van der Waals surface area (Å²) in [7, 11) is 1.64. The second kappa shape index (κ2) is 9.12. The topological polar surface area (TPSA) is 106 Å². The average molecular weight is 485 g/mol. The molecule has 1 saturated carbocycles. The summed E-state index contributed by atoms with van der Waals surface area (Å²) in [6.45, 7) is 12.5. The highest BCUT2D eigenvalue weighted by Crippen LogP contribution is 2.47. The Morgan fingerprint density at radius 2 is 1.97 bits per heavy atom. The molecule has 1 aliphatic carbocycles. The second-order valence-corrected chi connectivity index (χ2v) is 11.7. The van der Waals surface area contributed by atoms with E-state index in [1.165, 1.54) is 11.1 Å². The van der Waals surface area contributed by atoms with Crippen molar-refractivity contribution in [2.24, 2.45) is 22.6 Å². The van der Waals surface area contributed by atoms with Crippen molar-refractivity contribution in [2.45, 2.75) is 90.4 Å². The SMILES string of the molecule is COCC[C@@H]([C@@H]1C[C@H]1C(=O)NC1CC(C)(C)Oc2cc(C)c(C)cc21)N1C(=O)CC(C)(C)N=C1N. The van der Waals surface area contributed by atoms with E-state index >= 15 is 0 Å². The summed E-state index contributed by atoms with van der Waals surface area (Å²) in [5.74, 6) is 0.907. The monoisotopic (exact) mass is 484 g/mol. The number of carbonyl (C=O) groups excluding carboxylic acids is 2. The molecule has 4 atom stereocenters. The number of aliphatic imine (C=N–C) groups is 1. The molecule has 3 N–H and O–H groups in total. The molecule has 1 aromatic rings. The molecule has 4 rings (SSSR count). The van der Waals surface area contributed by atoms with E-state index in [1.807, 2.05) is 13.8 Å². The number of carbonyl (C=O) groups is 2. The van der Waals surface area contributed by atoms with Gasteiger partial charge in [0.1, 0.15) is 11.4 Å². The standard InChI is InChI=1S/C27H40N4O4/c1-15-10-19-20(13-27(5,6)35-22(19)11-16(15)2)29-24(33)18-12-17(18)21(8-9-34-7)31-23(32)14-26(3,4)30-25(31)28/h10-11,17-18,20-21H,8-9,12-14H2,1-7H3,(H2,28,30)(H,29,33)/t17-,18-,20?,21+/m1/s1. The van der Waals surface area contributed by atoms with Gasteiger partial charge in [-0.25, -0.2) is 4.99 Å². The molecule has 2 amide bonds. The number of guanidine groups is 1. The summed E-state index contributed by atoms with van der Waals surface area (Å²) in [5, 5.41) is 3.30. The molecule has 1 unspecified atom stereocenters. The molecule has 2 aliphatic heterocycles. The summed E-state index contributed by atoms with van der Waals surface area (Å²) in [5.41, 5.74) is 8.75. The number of rotatable bonds is 7. The van der Waals surface area contributed by atoms with E-state index in [2.05, 4.69) is 50.1 Å². The number of ether oxygens (including phenoxy) is 2. The number of nitrogens with two attached hydrogens (primary N) is 1. The summed E-state index contributed by atoms with van der Waals surface area (Å²) in [6, 6.07) is 3.86. The van der Waals surface area contributed by atoms with Crippen LogP contribution in [0, 0.1) is 25.7 Å². The first-order chi connectivity index (χ1) is 16.3. The van der Waals surface area contributed by atoms with Crippen molar-refractivity contribution in [3.63, 3.8) is 0 Å². The first-order valence-corrected chi connectivity index (χ1v) is 12.6. The Labute approximate surface area is 208 Å². The number of hydrogen-bond acceptors (Lipinski definition) is 6. The molecule has 0 radical (unpaired) electrons. The molecule has 0 saturated heterocycles. The van der Waals surface area contributed by atoms with Gasteiger partial charge in [-0.3, -0.25) is 14.5 Å². The van der Waals surface area contributed by atoms with Crippen LogP contribution in [0.15, 0.2) is 17.1 Å². The highest BCUT2D eigenvalue weighted by atomic mass is 16.5. The molecule has 0 aromatic heterocycles. The fourth-order valence-electron chi connectivity index (χ4n) is 5.58. The Morgan fingerprint density at radius 3 is 2.63 bits per heavy atom. The molecule has 2 heterocycles. The number of aryl methyl sites for hydroxylation is 2. The van der Waals surface area contributed by atoms with Crippen molar-refractivity contribution in [1.29, 1.82) is 0 Å². The van der Waals surface area contributed by atoms with Crippen LogP contribution in [0.5, 0.6) is 5.75 Å². The summed E-state index contributed by atoms with van der Waals surface area (Å²) in [6.07, 6.45) is 2.32. The maximum atomic E-state index is 13.4. The fourth-order valence-corrected chi connectivity index (χ4v) is 5.58. The number of benzene rings is 1. The van der Waals surface area contributed by atoms with Crippen molar-refractivity contribution < 1.29 is 19.1 Å². The van der Waals surface area contributed by atoms with E-state index in [0.29, 0.717) is 32.3 Å². The van der Waals surface area contributed by atoms with E-state index in [4.69, 9.17) is 15.2 Å². The van der Waals surface area contributed by atoms with Gasteiger partial charge in [0.2, 0.25) is 11.8 Å². The highest BCUT2D eigenvalue weighted by molar-refractivity contribution is 5.99. The molecule has 1 aromatic carbocycles. The van der Waals surface area contributed by atoms with Gasteiger partial charge >= 0.3 is 0 Å². The van der Waals surface area contributed by atoms with Gasteiger partial charge in [0, 0.05) is 37.7 Å². The lowest BCUT2D eigenvalue weighted by Crippen LogP contribution is -2.55. The fraction of sp³-hybridized carbons (Fsp3) is 0.667. The third-order valence-corrected chi connectivity index (χ3v) is 7.54. The predicted molar refractivity (Wildman–Crippen MR) is 135 cm³/mol. The van der Waals surface area contributed by atoms with Gasteiger partial charge in [-0.1, -0.05) is 6.07 Å². The van der Waals surface area contributed by atoms with E-state index in [0.717, 1.165) is 11.3 Å². The normalized spacial score (nSPS) is 27.4. The van der Waals surface area contributed by atoms with E-state index < -0.39 is 5.54 Å². The summed E-state index contributed by atoms with van der Waals surface area (Å²) < 4.78 is 11.5. The van der Waals surface area contributed by atoms with Crippen LogP contribution in [0.3, 0.4) is 0 Å². The molecule has 0 bridgehead atoms. The van der Waals surface area contributed by atoms with Crippen LogP contribution in [0.4, 0.5) is 0 Å². The third-order valence-electron chi connectivity index (χ3n) is 7.54. The minimum absolute atomic E-state index is 0.0181. The molecule has 1 fully saturated rings. The number of hydrogen-bond donors (Lipinski definition) is 2. The van der Waals surface area contributed by atoms with Crippen LogP contribution < -0.4 is 15.8 Å². The molecule has 35 heavy (non-hydrogen) atoms. The van der Waals surface area contributed by atoms with Gasteiger partial charge in [-0.05, 0) is 77.5 Å². The Bertz CT molecular complexity index is 1050. The Balaban J connectivity index is 1.52. The van der Waals surface area contributed by atoms with Crippen molar-refractivity contribution in [3.05, 3.63) is 28.8 Å². The van der Waals surface area contributed by atoms with Gasteiger partial charge in [0.15, 0.2) is 5.96 Å². The minimum Gasteiger partial charge on any atom is -0.487 e. The molecular formula is C27H40N4O4. The molecule has 0 spiro atoms. The van der Waals surface area contributed by atoms with Crippen molar-refractivity contribution in [1.82, 2.24) is 10.2 Å². The average Bonchev–Trinajstić information content (AvgIpc) is 3.51. The van der Waals surface area contributed by atoms with Gasteiger partial charge in [0.25, 0.3) is 0 Å². The number of amides is 2. The van der Waals surface area contributed by atoms with Gasteiger partial charge in [0.05, 0.1) is 18.0 Å². The van der Waals surface area contributed by atoms with Gasteiger partial charge in [-0.15, -0.1) is 0 Å². The number of methoxy groups -OCH3 is 1. The first-order valence-electron chi connectivity index (χ1n) is 12.6. The maximum absolute atomic E-state index is 13.4. The predicted octanol–water partition coefficient (Wildman–Crippen LogP) is 3.39. The highest BCUT2D eigenvalue weighted by Gasteiger charge is 2.52. The van der Waals surface area contributed by atoms with Crippen LogP contribution in [0.2, 0.25) is 0 Å². The number of nitrogens with zero attached hydrogens (tertiary/aromatic N) is 2. The van der Waals surface area contributed by atoms with Crippen LogP contribution in [0.1, 0.15) is 76.1 Å². The third kappa shape index (κ3) is 5.32. The first kappa shape index (κ1) is 25.5. The molecule has 192 valence electrons. The lowest BCUT2D eigenvalue weighted by atomic mass is 9.88.